The lowest BCUT2D eigenvalue weighted by atomic mass is 10.1. The first-order valence-electron chi connectivity index (χ1n) is 8.35. The van der Waals surface area contributed by atoms with Gasteiger partial charge in [-0.25, -0.2) is 14.6 Å². The summed E-state index contributed by atoms with van der Waals surface area (Å²) in [5.74, 6) is 1.62. The number of anilines is 1. The van der Waals surface area contributed by atoms with Gasteiger partial charge < -0.3 is 10.4 Å². The fourth-order valence-corrected chi connectivity index (χ4v) is 3.05. The molecule has 2 N–H and O–H groups in total. The number of hydrogen-bond acceptors (Lipinski definition) is 7. The number of nitrogens with zero attached hydrogens (tertiary/aromatic N) is 5. The third-order valence-electron chi connectivity index (χ3n) is 3.67. The zero-order valence-corrected chi connectivity index (χ0v) is 15.3. The topological polar surface area (TPSA) is 88.8 Å². The van der Waals surface area contributed by atoms with Crippen LogP contribution in [0, 0.1) is 6.92 Å². The molecule has 132 valence electrons. The third kappa shape index (κ3) is 4.26. The molecule has 0 saturated carbocycles. The van der Waals surface area contributed by atoms with Gasteiger partial charge in [-0.3, -0.25) is 0 Å². The number of hydrogen-bond donors (Lipinski definition) is 2. The van der Waals surface area contributed by atoms with Crippen LogP contribution < -0.4 is 5.32 Å². The Labute approximate surface area is 150 Å². The summed E-state index contributed by atoms with van der Waals surface area (Å²) in [5.41, 5.74) is 3.68. The highest BCUT2D eigenvalue weighted by atomic mass is 32.2. The van der Waals surface area contributed by atoms with E-state index >= 15 is 0 Å². The van der Waals surface area contributed by atoms with E-state index in [4.69, 9.17) is 0 Å². The summed E-state index contributed by atoms with van der Waals surface area (Å²) in [6.45, 7) is 5.20. The van der Waals surface area contributed by atoms with Crippen LogP contribution in [0.5, 0.6) is 0 Å². The Kier molecular flexibility index (Phi) is 5.83. The number of nitrogens with one attached hydrogen (secondary N) is 1. The van der Waals surface area contributed by atoms with Gasteiger partial charge in [-0.05, 0) is 18.9 Å². The summed E-state index contributed by atoms with van der Waals surface area (Å²) in [5, 5.41) is 21.5. The maximum absolute atomic E-state index is 9.20. The molecule has 3 rings (SSSR count). The van der Waals surface area contributed by atoms with Crippen LogP contribution in [-0.2, 0) is 13.1 Å². The molecule has 0 atom stereocenters. The van der Waals surface area contributed by atoms with Crippen LogP contribution in [0.25, 0.3) is 11.2 Å². The smallest absolute Gasteiger partial charge is 0.191 e. The first-order valence-corrected chi connectivity index (χ1v) is 9.34. The second-order valence-electron chi connectivity index (χ2n) is 5.75. The zero-order chi connectivity index (χ0) is 17.6. The second-order valence-corrected chi connectivity index (χ2v) is 6.81. The molecular formula is C17H22N6OS. The Morgan fingerprint density at radius 2 is 2.00 bits per heavy atom. The van der Waals surface area contributed by atoms with Crippen molar-refractivity contribution in [3.63, 3.8) is 0 Å². The second kappa shape index (κ2) is 8.26. The average molecular weight is 358 g/mol. The molecule has 0 spiro atoms. The lowest BCUT2D eigenvalue weighted by molar-refractivity contribution is 0.270. The number of fused-ring (bicyclic) bond motifs is 1. The average Bonchev–Trinajstić information content (AvgIpc) is 3.03. The van der Waals surface area contributed by atoms with Gasteiger partial charge in [0.25, 0.3) is 0 Å². The van der Waals surface area contributed by atoms with E-state index in [2.05, 4.69) is 63.7 Å². The SMILES string of the molecule is CCCSc1nc(NCc2ccc(C)cc2)c2nnn(CCO)c2n1. The van der Waals surface area contributed by atoms with E-state index in [0.29, 0.717) is 35.2 Å². The Balaban J connectivity index is 1.89. The number of aryl methyl sites for hydroxylation is 1. The molecule has 0 unspecified atom stereocenters. The molecular weight excluding hydrogens is 336 g/mol. The highest BCUT2D eigenvalue weighted by Crippen LogP contribution is 2.23. The molecule has 7 nitrogen and oxygen atoms in total. The van der Waals surface area contributed by atoms with Gasteiger partial charge in [0.15, 0.2) is 22.1 Å². The molecule has 25 heavy (non-hydrogen) atoms. The highest BCUT2D eigenvalue weighted by molar-refractivity contribution is 7.99. The van der Waals surface area contributed by atoms with Crippen molar-refractivity contribution in [1.82, 2.24) is 25.0 Å². The van der Waals surface area contributed by atoms with Crippen molar-refractivity contribution in [2.24, 2.45) is 0 Å². The molecule has 1 aromatic carbocycles. The summed E-state index contributed by atoms with van der Waals surface area (Å²) in [6.07, 6.45) is 1.05. The molecule has 0 fully saturated rings. The lowest BCUT2D eigenvalue weighted by Gasteiger charge is -2.08. The molecule has 0 bridgehead atoms. The maximum Gasteiger partial charge on any atom is 0.191 e. The van der Waals surface area contributed by atoms with Gasteiger partial charge in [-0.2, -0.15) is 0 Å². The molecule has 0 radical (unpaired) electrons. The van der Waals surface area contributed by atoms with E-state index < -0.39 is 0 Å². The molecule has 0 amide bonds. The molecule has 3 aromatic rings. The van der Waals surface area contributed by atoms with E-state index in [0.717, 1.165) is 12.2 Å². The quantitative estimate of drug-likeness (QED) is 0.473. The van der Waals surface area contributed by atoms with Gasteiger partial charge in [0.2, 0.25) is 0 Å². The van der Waals surface area contributed by atoms with Crippen molar-refractivity contribution in [2.75, 3.05) is 17.7 Å². The van der Waals surface area contributed by atoms with Crippen molar-refractivity contribution in [3.8, 4) is 0 Å². The van der Waals surface area contributed by atoms with Crippen molar-refractivity contribution in [2.45, 2.75) is 38.5 Å². The summed E-state index contributed by atoms with van der Waals surface area (Å²) in [7, 11) is 0. The third-order valence-corrected chi connectivity index (χ3v) is 4.72. The normalized spacial score (nSPS) is 11.2. The standard InChI is InChI=1S/C17H22N6OS/c1-3-10-25-17-19-15(18-11-13-6-4-12(2)5-7-13)14-16(20-17)23(8-9-24)22-21-14/h4-7,24H,3,8-11H2,1-2H3,(H,18,19,20). The van der Waals surface area contributed by atoms with Gasteiger partial charge in [0.05, 0.1) is 13.2 Å². The van der Waals surface area contributed by atoms with Crippen molar-refractivity contribution in [3.05, 3.63) is 35.4 Å². The highest BCUT2D eigenvalue weighted by Gasteiger charge is 2.14. The summed E-state index contributed by atoms with van der Waals surface area (Å²) in [4.78, 5) is 9.16. The van der Waals surface area contributed by atoms with Crippen LogP contribution in [0.3, 0.4) is 0 Å². The molecule has 0 aliphatic heterocycles. The van der Waals surface area contributed by atoms with E-state index in [-0.39, 0.29) is 6.61 Å². The predicted octanol–water partition coefficient (Wildman–Crippen LogP) is 2.64. The minimum Gasteiger partial charge on any atom is -0.394 e. The summed E-state index contributed by atoms with van der Waals surface area (Å²) in [6, 6.07) is 8.37. The monoisotopic (exact) mass is 358 g/mol. The molecule has 0 aliphatic rings. The Bertz CT molecular complexity index is 833. The number of benzene rings is 1. The van der Waals surface area contributed by atoms with Crippen LogP contribution in [-0.4, -0.2) is 42.4 Å². The fraction of sp³-hybridized carbons (Fsp3) is 0.412. The maximum atomic E-state index is 9.20. The van der Waals surface area contributed by atoms with Gasteiger partial charge in [-0.15, -0.1) is 5.10 Å². The van der Waals surface area contributed by atoms with Gasteiger partial charge in [0, 0.05) is 12.3 Å². The first-order chi connectivity index (χ1) is 12.2. The van der Waals surface area contributed by atoms with Crippen molar-refractivity contribution in [1.29, 1.82) is 0 Å². The van der Waals surface area contributed by atoms with Crippen LogP contribution in [0.4, 0.5) is 5.82 Å². The number of rotatable bonds is 8. The lowest BCUT2D eigenvalue weighted by Crippen LogP contribution is -2.07. The zero-order valence-electron chi connectivity index (χ0n) is 14.4. The number of aliphatic hydroxyl groups excluding tert-OH is 1. The van der Waals surface area contributed by atoms with Crippen LogP contribution in [0.2, 0.25) is 0 Å². The minimum absolute atomic E-state index is 0.00791. The summed E-state index contributed by atoms with van der Waals surface area (Å²) >= 11 is 1.61. The Morgan fingerprint density at radius 3 is 2.72 bits per heavy atom. The minimum atomic E-state index is -0.00791. The molecule has 2 heterocycles. The molecule has 0 aliphatic carbocycles. The van der Waals surface area contributed by atoms with E-state index in [1.807, 2.05) is 0 Å². The summed E-state index contributed by atoms with van der Waals surface area (Å²) < 4.78 is 1.62. The number of aliphatic hydroxyl groups is 1. The van der Waals surface area contributed by atoms with Gasteiger partial charge >= 0.3 is 0 Å². The molecule has 2 aromatic heterocycles. The van der Waals surface area contributed by atoms with E-state index in [1.54, 1.807) is 16.4 Å². The van der Waals surface area contributed by atoms with Crippen LogP contribution in [0.15, 0.2) is 29.4 Å². The largest absolute Gasteiger partial charge is 0.394 e. The van der Waals surface area contributed by atoms with Crippen LogP contribution in [0.1, 0.15) is 24.5 Å². The molecule has 8 heteroatoms. The Morgan fingerprint density at radius 1 is 1.20 bits per heavy atom. The van der Waals surface area contributed by atoms with Crippen molar-refractivity contribution < 1.29 is 5.11 Å². The number of thioether (sulfide) groups is 1. The Hall–Kier alpha value is -2.19. The van der Waals surface area contributed by atoms with Crippen molar-refractivity contribution >= 4 is 28.7 Å². The predicted molar refractivity (Wildman–Crippen MR) is 99.7 cm³/mol. The van der Waals surface area contributed by atoms with Crippen LogP contribution >= 0.6 is 11.8 Å². The van der Waals surface area contributed by atoms with Gasteiger partial charge in [-0.1, -0.05) is 53.7 Å². The fourth-order valence-electron chi connectivity index (χ4n) is 2.35. The van der Waals surface area contributed by atoms with Gasteiger partial charge in [0.1, 0.15) is 0 Å². The van der Waals surface area contributed by atoms with E-state index in [9.17, 15) is 5.11 Å². The first kappa shape index (κ1) is 17.6. The molecule has 0 saturated heterocycles. The number of aromatic nitrogens is 5. The van der Waals surface area contributed by atoms with E-state index in [1.165, 1.54) is 11.1 Å².